The number of rotatable bonds is 2. The number of aryl methyl sites for hydroxylation is 2. The Labute approximate surface area is 97.4 Å². The second-order valence-corrected chi connectivity index (χ2v) is 3.54. The molecule has 1 aromatic carbocycles. The van der Waals surface area contributed by atoms with E-state index in [-0.39, 0.29) is 0 Å². The molecule has 0 saturated heterocycles. The van der Waals surface area contributed by atoms with E-state index in [1.165, 1.54) is 18.2 Å². The van der Waals surface area contributed by atoms with Crippen molar-refractivity contribution in [2.75, 3.05) is 5.32 Å². The lowest BCUT2D eigenvalue weighted by Crippen LogP contribution is -2.02. The van der Waals surface area contributed by atoms with Gasteiger partial charge in [-0.1, -0.05) is 0 Å². The molecule has 0 radical (unpaired) electrons. The highest BCUT2D eigenvalue weighted by Crippen LogP contribution is 2.21. The summed E-state index contributed by atoms with van der Waals surface area (Å²) in [6.45, 7) is 3.49. The molecular formula is C11H11FN4O. The summed E-state index contributed by atoms with van der Waals surface area (Å²) in [4.78, 5) is 12.2. The normalized spacial score (nSPS) is 10.3. The first-order valence-corrected chi connectivity index (χ1v) is 4.99. The molecule has 0 fully saturated rings. The molecule has 6 heteroatoms. The number of nitrogens with one attached hydrogen (secondary N) is 1. The monoisotopic (exact) mass is 234 g/mol. The Kier molecular flexibility index (Phi) is 2.86. The van der Waals surface area contributed by atoms with Crippen molar-refractivity contribution in [3.63, 3.8) is 0 Å². The average Bonchev–Trinajstić information content (AvgIpc) is 2.22. The van der Waals surface area contributed by atoms with Gasteiger partial charge in [-0.25, -0.2) is 9.37 Å². The van der Waals surface area contributed by atoms with E-state index in [0.29, 0.717) is 23.3 Å². The minimum atomic E-state index is -0.697. The smallest absolute Gasteiger partial charge is 0.230 e. The van der Waals surface area contributed by atoms with Crippen LogP contribution in [-0.4, -0.2) is 20.1 Å². The van der Waals surface area contributed by atoms with Crippen LogP contribution in [0, 0.1) is 19.7 Å². The Morgan fingerprint density at radius 2 is 1.76 bits per heavy atom. The second kappa shape index (κ2) is 4.32. The number of phenols is 1. The molecule has 0 spiro atoms. The molecular weight excluding hydrogens is 223 g/mol. The fourth-order valence-corrected chi connectivity index (χ4v) is 1.39. The maximum atomic E-state index is 13.1. The number of hydrogen-bond donors (Lipinski definition) is 2. The third kappa shape index (κ3) is 2.66. The first-order chi connectivity index (χ1) is 8.04. The van der Waals surface area contributed by atoms with Crippen LogP contribution in [0.4, 0.5) is 16.0 Å². The van der Waals surface area contributed by atoms with E-state index in [2.05, 4.69) is 20.3 Å². The third-order valence-corrected chi connectivity index (χ3v) is 2.06. The van der Waals surface area contributed by atoms with Crippen LogP contribution < -0.4 is 5.32 Å². The van der Waals surface area contributed by atoms with Crippen molar-refractivity contribution in [1.82, 2.24) is 15.0 Å². The fourth-order valence-electron chi connectivity index (χ4n) is 1.39. The number of hydrogen-bond acceptors (Lipinski definition) is 5. The average molecular weight is 234 g/mol. The minimum absolute atomic E-state index is 0.347. The van der Waals surface area contributed by atoms with Gasteiger partial charge in [-0.05, 0) is 26.0 Å². The number of nitrogens with zero attached hydrogens (tertiary/aromatic N) is 3. The van der Waals surface area contributed by atoms with Gasteiger partial charge in [0.1, 0.15) is 11.6 Å². The van der Waals surface area contributed by atoms with Gasteiger partial charge in [0, 0.05) is 11.8 Å². The molecule has 1 heterocycles. The van der Waals surface area contributed by atoms with Gasteiger partial charge >= 0.3 is 0 Å². The SMILES string of the molecule is Cc1nc(C)nc(Nc2ccc(O)c(F)c2)n1. The van der Waals surface area contributed by atoms with Crippen LogP contribution in [0.25, 0.3) is 0 Å². The number of aromatic nitrogens is 3. The number of phenolic OH excluding ortho intramolecular Hbond substituents is 1. The Balaban J connectivity index is 2.28. The van der Waals surface area contributed by atoms with Gasteiger partial charge in [0.2, 0.25) is 5.95 Å². The molecule has 0 atom stereocenters. The predicted octanol–water partition coefficient (Wildman–Crippen LogP) is 2.08. The second-order valence-electron chi connectivity index (χ2n) is 3.54. The zero-order valence-electron chi connectivity index (χ0n) is 9.40. The molecule has 0 aliphatic carbocycles. The highest BCUT2D eigenvalue weighted by atomic mass is 19.1. The van der Waals surface area contributed by atoms with Gasteiger partial charge in [-0.2, -0.15) is 9.97 Å². The van der Waals surface area contributed by atoms with Crippen molar-refractivity contribution in [2.24, 2.45) is 0 Å². The van der Waals surface area contributed by atoms with Gasteiger partial charge in [0.15, 0.2) is 11.6 Å². The van der Waals surface area contributed by atoms with Crippen LogP contribution in [0.5, 0.6) is 5.75 Å². The summed E-state index contributed by atoms with van der Waals surface area (Å²) < 4.78 is 13.1. The van der Waals surface area contributed by atoms with Crippen LogP contribution in [0.3, 0.4) is 0 Å². The van der Waals surface area contributed by atoms with E-state index in [0.717, 1.165) is 0 Å². The molecule has 5 nitrogen and oxygen atoms in total. The molecule has 0 amide bonds. The van der Waals surface area contributed by atoms with Gasteiger partial charge in [0.25, 0.3) is 0 Å². The Hall–Kier alpha value is -2.24. The largest absolute Gasteiger partial charge is 0.505 e. The van der Waals surface area contributed by atoms with Crippen LogP contribution in [-0.2, 0) is 0 Å². The molecule has 0 unspecified atom stereocenters. The molecule has 2 N–H and O–H groups in total. The molecule has 2 aromatic rings. The van der Waals surface area contributed by atoms with Crippen LogP contribution >= 0.6 is 0 Å². The summed E-state index contributed by atoms with van der Waals surface area (Å²) in [5.41, 5.74) is 0.463. The van der Waals surface area contributed by atoms with E-state index in [1.807, 2.05) is 0 Å². The lowest BCUT2D eigenvalue weighted by molar-refractivity contribution is 0.432. The molecule has 0 aliphatic rings. The maximum Gasteiger partial charge on any atom is 0.230 e. The van der Waals surface area contributed by atoms with Gasteiger partial charge < -0.3 is 10.4 Å². The van der Waals surface area contributed by atoms with Crippen LogP contribution in [0.1, 0.15) is 11.6 Å². The summed E-state index contributed by atoms with van der Waals surface area (Å²) >= 11 is 0. The number of halogens is 1. The van der Waals surface area contributed by atoms with Crippen molar-refractivity contribution in [3.8, 4) is 5.75 Å². The highest BCUT2D eigenvalue weighted by molar-refractivity contribution is 5.54. The first kappa shape index (κ1) is 11.3. The summed E-state index contributed by atoms with van der Waals surface area (Å²) in [6.07, 6.45) is 0. The van der Waals surface area contributed by atoms with Crippen molar-refractivity contribution < 1.29 is 9.50 Å². The molecule has 2 rings (SSSR count). The fraction of sp³-hybridized carbons (Fsp3) is 0.182. The number of benzene rings is 1. The van der Waals surface area contributed by atoms with Gasteiger partial charge in [-0.15, -0.1) is 0 Å². The van der Waals surface area contributed by atoms with Crippen molar-refractivity contribution in [1.29, 1.82) is 0 Å². The lowest BCUT2D eigenvalue weighted by Gasteiger charge is -2.06. The Bertz CT molecular complexity index is 539. The Morgan fingerprint density at radius 3 is 2.35 bits per heavy atom. The Morgan fingerprint density at radius 1 is 1.12 bits per heavy atom. The minimum Gasteiger partial charge on any atom is -0.505 e. The molecule has 0 saturated carbocycles. The maximum absolute atomic E-state index is 13.1. The van der Waals surface area contributed by atoms with Crippen molar-refractivity contribution in [2.45, 2.75) is 13.8 Å². The summed E-state index contributed by atoms with van der Waals surface area (Å²) in [7, 11) is 0. The standard InChI is InChI=1S/C11H11FN4O/c1-6-13-7(2)15-11(14-6)16-8-3-4-10(17)9(12)5-8/h3-5,17H,1-2H3,(H,13,14,15,16). The third-order valence-electron chi connectivity index (χ3n) is 2.06. The summed E-state index contributed by atoms with van der Waals surface area (Å²) in [5.74, 6) is 0.426. The zero-order valence-corrected chi connectivity index (χ0v) is 9.40. The molecule has 88 valence electrons. The van der Waals surface area contributed by atoms with E-state index in [9.17, 15) is 4.39 Å². The number of aromatic hydroxyl groups is 1. The molecule has 1 aromatic heterocycles. The number of anilines is 2. The van der Waals surface area contributed by atoms with E-state index in [4.69, 9.17) is 5.11 Å². The van der Waals surface area contributed by atoms with E-state index in [1.54, 1.807) is 13.8 Å². The zero-order chi connectivity index (χ0) is 12.4. The van der Waals surface area contributed by atoms with Gasteiger partial charge in [-0.3, -0.25) is 0 Å². The van der Waals surface area contributed by atoms with E-state index < -0.39 is 11.6 Å². The quantitative estimate of drug-likeness (QED) is 0.778. The van der Waals surface area contributed by atoms with Crippen molar-refractivity contribution >= 4 is 11.6 Å². The molecule has 0 bridgehead atoms. The summed E-state index contributed by atoms with van der Waals surface area (Å²) in [5, 5.41) is 11.9. The first-order valence-electron chi connectivity index (χ1n) is 4.99. The topological polar surface area (TPSA) is 70.9 Å². The van der Waals surface area contributed by atoms with Crippen molar-refractivity contribution in [3.05, 3.63) is 35.7 Å². The van der Waals surface area contributed by atoms with Gasteiger partial charge in [0.05, 0.1) is 0 Å². The van der Waals surface area contributed by atoms with Crippen LogP contribution in [0.2, 0.25) is 0 Å². The van der Waals surface area contributed by atoms with Crippen LogP contribution in [0.15, 0.2) is 18.2 Å². The lowest BCUT2D eigenvalue weighted by atomic mass is 10.3. The highest BCUT2D eigenvalue weighted by Gasteiger charge is 2.04. The molecule has 0 aliphatic heterocycles. The summed E-state index contributed by atoms with van der Waals surface area (Å²) in [6, 6.07) is 3.97. The predicted molar refractivity (Wildman–Crippen MR) is 60.6 cm³/mol. The molecule has 17 heavy (non-hydrogen) atoms. The van der Waals surface area contributed by atoms with E-state index >= 15 is 0 Å².